The van der Waals surface area contributed by atoms with Crippen molar-refractivity contribution >= 4 is 11.6 Å². The van der Waals surface area contributed by atoms with Crippen LogP contribution in [0.15, 0.2) is 29.2 Å². The van der Waals surface area contributed by atoms with Crippen LogP contribution >= 0.6 is 0 Å². The molecule has 10 heteroatoms. The highest BCUT2D eigenvalue weighted by Gasteiger charge is 2.30. The van der Waals surface area contributed by atoms with Gasteiger partial charge in [-0.15, -0.1) is 0 Å². The van der Waals surface area contributed by atoms with E-state index in [1.807, 2.05) is 6.07 Å². The van der Waals surface area contributed by atoms with Crippen molar-refractivity contribution in [3.8, 4) is 5.75 Å². The third kappa shape index (κ3) is 3.46. The number of hydrogen-bond donors (Lipinski definition) is 2. The minimum absolute atomic E-state index is 0.00251. The number of pyridine rings is 1. The minimum atomic E-state index is -0.806. The summed E-state index contributed by atoms with van der Waals surface area (Å²) in [5.74, 6) is -1.23. The number of aryl methyl sites for hydroxylation is 1. The van der Waals surface area contributed by atoms with Crippen LogP contribution in [0.1, 0.15) is 21.7 Å². The maximum Gasteiger partial charge on any atom is 0.269 e. The van der Waals surface area contributed by atoms with Gasteiger partial charge in [-0.25, -0.2) is 9.50 Å². The maximum absolute atomic E-state index is 14.0. The average Bonchev–Trinajstić information content (AvgIpc) is 3.02. The topological polar surface area (TPSA) is 105 Å². The van der Waals surface area contributed by atoms with Crippen LogP contribution in [0.4, 0.5) is 4.39 Å². The number of hydrogen-bond acceptors (Lipinski definition) is 6. The van der Waals surface area contributed by atoms with E-state index in [2.05, 4.69) is 25.3 Å². The molecule has 3 aromatic heterocycles. The van der Waals surface area contributed by atoms with E-state index in [9.17, 15) is 14.0 Å². The zero-order valence-corrected chi connectivity index (χ0v) is 15.4. The lowest BCUT2D eigenvalue weighted by atomic mass is 10.1. The number of fused-ring (bicyclic) bond motifs is 1. The summed E-state index contributed by atoms with van der Waals surface area (Å²) in [4.78, 5) is 31.6. The van der Waals surface area contributed by atoms with E-state index in [1.165, 1.54) is 19.2 Å². The highest BCUT2D eigenvalue weighted by atomic mass is 19.1. The number of amides is 1. The Morgan fingerprint density at radius 2 is 2.21 bits per heavy atom. The third-order valence-corrected chi connectivity index (χ3v) is 4.58. The Morgan fingerprint density at radius 3 is 2.93 bits per heavy atom. The molecule has 0 bridgehead atoms. The number of nitrogens with one attached hydrogen (secondary N) is 2. The largest absolute Gasteiger partial charge is 0.483 e. The number of halogens is 1. The third-order valence-electron chi connectivity index (χ3n) is 4.58. The molecule has 1 amide bonds. The van der Waals surface area contributed by atoms with Gasteiger partial charge < -0.3 is 15.0 Å². The van der Waals surface area contributed by atoms with Crippen LogP contribution in [0.2, 0.25) is 0 Å². The second-order valence-corrected chi connectivity index (χ2v) is 6.73. The summed E-state index contributed by atoms with van der Waals surface area (Å²) in [6.45, 7) is 3.55. The number of nitrogens with zero attached hydrogens (tertiary/aromatic N) is 4. The number of rotatable bonds is 5. The Bertz CT molecular complexity index is 1100. The first-order chi connectivity index (χ1) is 13.4. The number of H-pyrrole nitrogens is 1. The van der Waals surface area contributed by atoms with Gasteiger partial charge in [0.1, 0.15) is 17.4 Å². The molecule has 0 unspecified atom stereocenters. The lowest BCUT2D eigenvalue weighted by Crippen LogP contribution is -2.53. The molecule has 4 heterocycles. The lowest BCUT2D eigenvalue weighted by molar-refractivity contribution is 0.0110. The zero-order valence-electron chi connectivity index (χ0n) is 15.4. The van der Waals surface area contributed by atoms with Gasteiger partial charge in [0.2, 0.25) is 0 Å². The maximum atomic E-state index is 14.0. The second-order valence-electron chi connectivity index (χ2n) is 6.73. The Kier molecular flexibility index (Phi) is 4.55. The first kappa shape index (κ1) is 18.1. The molecule has 146 valence electrons. The van der Waals surface area contributed by atoms with Crippen molar-refractivity contribution in [2.45, 2.75) is 19.6 Å². The summed E-state index contributed by atoms with van der Waals surface area (Å²) >= 11 is 0. The molecule has 1 aliphatic rings. The molecular weight excluding hydrogens is 367 g/mol. The Balaban J connectivity index is 1.35. The fraction of sp³-hybridized carbons (Fsp3) is 0.333. The van der Waals surface area contributed by atoms with Gasteiger partial charge >= 0.3 is 0 Å². The van der Waals surface area contributed by atoms with E-state index in [0.717, 1.165) is 5.69 Å². The molecule has 1 saturated heterocycles. The molecule has 0 spiro atoms. The summed E-state index contributed by atoms with van der Waals surface area (Å²) in [6.07, 6.45) is 1.53. The van der Waals surface area contributed by atoms with Crippen LogP contribution in [0.5, 0.6) is 5.75 Å². The molecule has 3 aromatic rings. The van der Waals surface area contributed by atoms with E-state index < -0.39 is 11.9 Å². The monoisotopic (exact) mass is 386 g/mol. The molecule has 28 heavy (non-hydrogen) atoms. The molecule has 0 aliphatic carbocycles. The Hall–Kier alpha value is -3.27. The van der Waals surface area contributed by atoms with Gasteiger partial charge in [-0.2, -0.15) is 9.49 Å². The van der Waals surface area contributed by atoms with Gasteiger partial charge in [0.15, 0.2) is 5.75 Å². The predicted octanol–water partition coefficient (Wildman–Crippen LogP) is 0.488. The number of ether oxygens (including phenoxy) is 1. The summed E-state index contributed by atoms with van der Waals surface area (Å²) in [7, 11) is 1.46. The van der Waals surface area contributed by atoms with Gasteiger partial charge in [0.25, 0.3) is 17.4 Å². The van der Waals surface area contributed by atoms with Crippen molar-refractivity contribution in [3.63, 3.8) is 0 Å². The predicted molar refractivity (Wildman–Crippen MR) is 97.8 cm³/mol. The van der Waals surface area contributed by atoms with Crippen molar-refractivity contribution in [2.75, 3.05) is 20.1 Å². The fourth-order valence-electron chi connectivity index (χ4n) is 3.07. The van der Waals surface area contributed by atoms with E-state index in [0.29, 0.717) is 30.8 Å². The first-order valence-electron chi connectivity index (χ1n) is 8.79. The Morgan fingerprint density at radius 1 is 1.43 bits per heavy atom. The standard InChI is InChI=1S/C18H19FN6O3/c1-10-6-25-15(22-17(10)26)5-11(23-25)7-24-8-12(9-24)28-14-4-3-13(18(27)20-2)21-16(14)19/h3-6,12H,7-9H2,1-2H3,(H,20,27)(H,22,26). The van der Waals surface area contributed by atoms with E-state index in [-0.39, 0.29) is 23.1 Å². The molecule has 4 rings (SSSR count). The van der Waals surface area contributed by atoms with Crippen LogP contribution in [-0.2, 0) is 6.54 Å². The van der Waals surface area contributed by atoms with Crippen LogP contribution in [0.25, 0.3) is 5.65 Å². The molecule has 2 N–H and O–H groups in total. The van der Waals surface area contributed by atoms with Crippen LogP contribution in [-0.4, -0.2) is 56.6 Å². The average molecular weight is 386 g/mol. The van der Waals surface area contributed by atoms with Crippen LogP contribution < -0.4 is 15.6 Å². The van der Waals surface area contributed by atoms with Gasteiger partial charge in [-0.05, 0) is 19.1 Å². The molecule has 0 aromatic carbocycles. The first-order valence-corrected chi connectivity index (χ1v) is 8.79. The number of carbonyl (C=O) groups excluding carboxylic acids is 1. The van der Waals surface area contributed by atoms with Crippen LogP contribution in [0.3, 0.4) is 0 Å². The summed E-state index contributed by atoms with van der Waals surface area (Å²) in [5, 5.41) is 6.84. The van der Waals surface area contributed by atoms with Gasteiger partial charge in [0.05, 0.1) is 5.69 Å². The molecule has 9 nitrogen and oxygen atoms in total. The number of aromatic amines is 1. The minimum Gasteiger partial charge on any atom is -0.483 e. The van der Waals surface area contributed by atoms with Crippen LogP contribution in [0, 0.1) is 12.9 Å². The zero-order chi connectivity index (χ0) is 19.8. The molecule has 0 radical (unpaired) electrons. The smallest absolute Gasteiger partial charge is 0.269 e. The van der Waals surface area contributed by atoms with E-state index in [4.69, 9.17) is 4.74 Å². The van der Waals surface area contributed by atoms with Gasteiger partial charge in [-0.3, -0.25) is 14.5 Å². The summed E-state index contributed by atoms with van der Waals surface area (Å²) < 4.78 is 21.3. The molecule has 0 atom stereocenters. The van der Waals surface area contributed by atoms with Crippen molar-refractivity contribution in [1.82, 2.24) is 29.8 Å². The molecular formula is C18H19FN6O3. The summed E-state index contributed by atoms with van der Waals surface area (Å²) in [5.41, 5.74) is 1.93. The summed E-state index contributed by atoms with van der Waals surface area (Å²) in [6, 6.07) is 4.67. The second kappa shape index (κ2) is 7.04. The normalized spacial score (nSPS) is 14.8. The van der Waals surface area contributed by atoms with Gasteiger partial charge in [0, 0.05) is 44.5 Å². The molecule has 1 fully saturated rings. The molecule has 0 saturated carbocycles. The fourth-order valence-corrected chi connectivity index (χ4v) is 3.07. The lowest BCUT2D eigenvalue weighted by Gasteiger charge is -2.38. The SMILES string of the molecule is CNC(=O)c1ccc(OC2CN(Cc3cc4[nH]c(=O)c(C)cn4n3)C2)c(F)n1. The van der Waals surface area contributed by atoms with E-state index >= 15 is 0 Å². The highest BCUT2D eigenvalue weighted by Crippen LogP contribution is 2.22. The number of likely N-dealkylation sites (tertiary alicyclic amines) is 1. The highest BCUT2D eigenvalue weighted by molar-refractivity contribution is 5.92. The van der Waals surface area contributed by atoms with Crippen molar-refractivity contribution < 1.29 is 13.9 Å². The van der Waals surface area contributed by atoms with E-state index in [1.54, 1.807) is 17.6 Å². The molecule has 1 aliphatic heterocycles. The Labute approximate surface area is 159 Å². The number of carbonyl (C=O) groups is 1. The van der Waals surface area contributed by atoms with Crippen molar-refractivity contribution in [2.24, 2.45) is 0 Å². The van der Waals surface area contributed by atoms with Gasteiger partial charge in [-0.1, -0.05) is 0 Å². The van der Waals surface area contributed by atoms with Crippen molar-refractivity contribution in [3.05, 3.63) is 57.6 Å². The van der Waals surface area contributed by atoms with Crippen molar-refractivity contribution in [1.29, 1.82) is 0 Å². The quantitative estimate of drug-likeness (QED) is 0.619. The number of aromatic nitrogens is 4.